The molecule has 1 unspecified atom stereocenters. The summed E-state index contributed by atoms with van der Waals surface area (Å²) in [4.78, 5) is 14.4. The fourth-order valence-electron chi connectivity index (χ4n) is 4.22. The number of hydrogen-bond donors (Lipinski definition) is 1. The van der Waals surface area contributed by atoms with E-state index in [4.69, 9.17) is 0 Å². The van der Waals surface area contributed by atoms with E-state index in [-0.39, 0.29) is 17.3 Å². The number of fused-ring (bicyclic) bond motifs is 1. The van der Waals surface area contributed by atoms with Crippen molar-refractivity contribution >= 4 is 32.3 Å². The molecule has 2 aromatic rings. The Morgan fingerprint density at radius 2 is 1.93 bits per heavy atom. The summed E-state index contributed by atoms with van der Waals surface area (Å²) >= 11 is 1.50. The van der Waals surface area contributed by atoms with Gasteiger partial charge in [0.05, 0.1) is 16.4 Å². The summed E-state index contributed by atoms with van der Waals surface area (Å²) in [5, 5.41) is 13.2. The van der Waals surface area contributed by atoms with Crippen LogP contribution in [-0.2, 0) is 27.7 Å². The van der Waals surface area contributed by atoms with Crippen molar-refractivity contribution in [1.29, 1.82) is 5.26 Å². The molecule has 1 saturated heterocycles. The number of anilines is 1. The summed E-state index contributed by atoms with van der Waals surface area (Å²) in [7, 11) is -3.63. The molecule has 0 radical (unpaired) electrons. The van der Waals surface area contributed by atoms with Crippen molar-refractivity contribution in [3.63, 3.8) is 0 Å². The molecule has 30 heavy (non-hydrogen) atoms. The van der Waals surface area contributed by atoms with Crippen molar-refractivity contribution in [1.82, 2.24) is 4.31 Å². The Bertz CT molecular complexity index is 1100. The molecule has 1 N–H and O–H groups in total. The number of carbonyl (C=O) groups is 1. The molecular weight excluding hydrogens is 418 g/mol. The molecule has 0 spiro atoms. The van der Waals surface area contributed by atoms with E-state index in [0.29, 0.717) is 30.0 Å². The van der Waals surface area contributed by atoms with E-state index in [0.717, 1.165) is 36.8 Å². The summed E-state index contributed by atoms with van der Waals surface area (Å²) < 4.78 is 27.4. The van der Waals surface area contributed by atoms with E-state index in [1.165, 1.54) is 20.5 Å². The molecule has 0 saturated carbocycles. The Morgan fingerprint density at radius 1 is 1.20 bits per heavy atom. The van der Waals surface area contributed by atoms with E-state index in [2.05, 4.69) is 11.4 Å². The third-order valence-corrected chi connectivity index (χ3v) is 9.02. The number of aryl methyl sites for hydroxylation is 2. The zero-order valence-electron chi connectivity index (χ0n) is 17.0. The van der Waals surface area contributed by atoms with Crippen molar-refractivity contribution in [2.24, 2.45) is 5.92 Å². The lowest BCUT2D eigenvalue weighted by Gasteiger charge is -2.31. The maximum absolute atomic E-state index is 13.0. The molecule has 158 valence electrons. The minimum absolute atomic E-state index is 0.162. The second-order valence-corrected chi connectivity index (χ2v) is 11.1. The van der Waals surface area contributed by atoms with Gasteiger partial charge in [0.2, 0.25) is 15.9 Å². The Kier molecular flexibility index (Phi) is 5.96. The van der Waals surface area contributed by atoms with Gasteiger partial charge in [0.25, 0.3) is 0 Å². The number of hydrogen-bond acceptors (Lipinski definition) is 5. The Hall–Kier alpha value is -2.21. The SMILES string of the molecule is Cc1ccc(S(=O)(=O)N2CCCC(C(=O)Nc3sc4c(c3C#N)CCCC4)C2)cc1. The van der Waals surface area contributed by atoms with Gasteiger partial charge >= 0.3 is 0 Å². The van der Waals surface area contributed by atoms with E-state index >= 15 is 0 Å². The van der Waals surface area contributed by atoms with Crippen LogP contribution in [0.1, 0.15) is 47.3 Å². The van der Waals surface area contributed by atoms with Crippen LogP contribution in [0.4, 0.5) is 5.00 Å². The average Bonchev–Trinajstić information content (AvgIpc) is 3.11. The third-order valence-electron chi connectivity index (χ3n) is 5.93. The summed E-state index contributed by atoms with van der Waals surface area (Å²) in [5.41, 5.74) is 2.66. The number of sulfonamides is 1. The minimum atomic E-state index is -3.63. The summed E-state index contributed by atoms with van der Waals surface area (Å²) in [6.07, 6.45) is 5.29. The molecule has 1 atom stereocenters. The minimum Gasteiger partial charge on any atom is -0.316 e. The van der Waals surface area contributed by atoms with Crippen LogP contribution in [0.5, 0.6) is 0 Å². The predicted molar refractivity (Wildman–Crippen MR) is 117 cm³/mol. The van der Waals surface area contributed by atoms with Gasteiger partial charge < -0.3 is 5.32 Å². The van der Waals surface area contributed by atoms with E-state index in [1.807, 2.05) is 6.92 Å². The van der Waals surface area contributed by atoms with Crippen molar-refractivity contribution < 1.29 is 13.2 Å². The van der Waals surface area contributed by atoms with E-state index in [1.54, 1.807) is 24.3 Å². The maximum Gasteiger partial charge on any atom is 0.243 e. The van der Waals surface area contributed by atoms with Crippen LogP contribution >= 0.6 is 11.3 Å². The Balaban J connectivity index is 1.50. The number of nitrogens with zero attached hydrogens (tertiary/aromatic N) is 2. The van der Waals surface area contributed by atoms with Gasteiger partial charge in [-0.05, 0) is 63.1 Å². The van der Waals surface area contributed by atoms with Gasteiger partial charge in [-0.25, -0.2) is 8.42 Å². The molecule has 1 aliphatic heterocycles. The first kappa shape index (κ1) is 21.0. The summed E-state index contributed by atoms with van der Waals surface area (Å²) in [6, 6.07) is 9.05. The van der Waals surface area contributed by atoms with Crippen molar-refractivity contribution in [2.45, 2.75) is 50.3 Å². The number of rotatable bonds is 4. The molecule has 2 heterocycles. The summed E-state index contributed by atoms with van der Waals surface area (Å²) in [6.45, 7) is 2.49. The maximum atomic E-state index is 13.0. The average molecular weight is 444 g/mol. The number of nitrogens with one attached hydrogen (secondary N) is 1. The largest absolute Gasteiger partial charge is 0.316 e. The zero-order valence-corrected chi connectivity index (χ0v) is 18.6. The van der Waals surface area contributed by atoms with Gasteiger partial charge in [0, 0.05) is 18.0 Å². The number of benzene rings is 1. The van der Waals surface area contributed by atoms with Gasteiger partial charge in [0.15, 0.2) is 0 Å². The van der Waals surface area contributed by atoms with Gasteiger partial charge in [0.1, 0.15) is 11.1 Å². The van der Waals surface area contributed by atoms with Crippen LogP contribution in [0.25, 0.3) is 0 Å². The van der Waals surface area contributed by atoms with Gasteiger partial charge in [-0.3, -0.25) is 4.79 Å². The van der Waals surface area contributed by atoms with Crippen LogP contribution in [0, 0.1) is 24.2 Å². The fourth-order valence-corrected chi connectivity index (χ4v) is 6.99. The first-order valence-corrected chi connectivity index (χ1v) is 12.6. The van der Waals surface area contributed by atoms with E-state index in [9.17, 15) is 18.5 Å². The normalized spacial score (nSPS) is 19.7. The second-order valence-electron chi connectivity index (χ2n) is 8.03. The highest BCUT2D eigenvalue weighted by Crippen LogP contribution is 2.38. The number of piperidine rings is 1. The van der Waals surface area contributed by atoms with Crippen molar-refractivity contribution in [3.8, 4) is 6.07 Å². The molecule has 8 heteroatoms. The standard InChI is InChI=1S/C22H25N3O3S2/c1-15-8-10-17(11-9-15)30(27,28)25-12-4-5-16(14-25)21(26)24-22-19(13-23)18-6-2-3-7-20(18)29-22/h8-11,16H,2-7,12,14H2,1H3,(H,24,26). The van der Waals surface area contributed by atoms with Gasteiger partial charge in [-0.2, -0.15) is 9.57 Å². The molecule has 6 nitrogen and oxygen atoms in total. The topological polar surface area (TPSA) is 90.3 Å². The monoisotopic (exact) mass is 443 g/mol. The smallest absolute Gasteiger partial charge is 0.243 e. The fraction of sp³-hybridized carbons (Fsp3) is 0.455. The zero-order chi connectivity index (χ0) is 21.3. The summed E-state index contributed by atoms with van der Waals surface area (Å²) in [5.74, 6) is -0.626. The molecule has 1 aliphatic carbocycles. The highest BCUT2D eigenvalue weighted by molar-refractivity contribution is 7.89. The van der Waals surface area contributed by atoms with Gasteiger partial charge in [-0.1, -0.05) is 17.7 Å². The van der Waals surface area contributed by atoms with Crippen LogP contribution in [0.3, 0.4) is 0 Å². The Morgan fingerprint density at radius 3 is 2.67 bits per heavy atom. The van der Waals surface area contributed by atoms with Crippen molar-refractivity contribution in [3.05, 3.63) is 45.8 Å². The second kappa shape index (κ2) is 8.50. The lowest BCUT2D eigenvalue weighted by atomic mass is 9.96. The first-order chi connectivity index (χ1) is 14.4. The number of amides is 1. The molecule has 1 aromatic carbocycles. The van der Waals surface area contributed by atoms with Crippen LogP contribution < -0.4 is 5.32 Å². The first-order valence-electron chi connectivity index (χ1n) is 10.3. The molecule has 4 rings (SSSR count). The molecule has 1 amide bonds. The third kappa shape index (κ3) is 4.02. The molecule has 1 fully saturated rings. The lowest BCUT2D eigenvalue weighted by molar-refractivity contribution is -0.120. The molecular formula is C22H25N3O3S2. The van der Waals surface area contributed by atoms with Crippen molar-refractivity contribution in [2.75, 3.05) is 18.4 Å². The highest BCUT2D eigenvalue weighted by atomic mass is 32.2. The van der Waals surface area contributed by atoms with Gasteiger partial charge in [-0.15, -0.1) is 11.3 Å². The van der Waals surface area contributed by atoms with Crippen LogP contribution in [0.15, 0.2) is 29.2 Å². The number of thiophene rings is 1. The lowest BCUT2D eigenvalue weighted by Crippen LogP contribution is -2.43. The molecule has 2 aliphatic rings. The van der Waals surface area contributed by atoms with Crippen LogP contribution in [0.2, 0.25) is 0 Å². The molecule has 1 aromatic heterocycles. The van der Waals surface area contributed by atoms with E-state index < -0.39 is 15.9 Å². The predicted octanol–water partition coefficient (Wildman–Crippen LogP) is 3.85. The Labute approximate surface area is 181 Å². The quantitative estimate of drug-likeness (QED) is 0.777. The highest BCUT2D eigenvalue weighted by Gasteiger charge is 2.34. The number of nitriles is 1. The number of carbonyl (C=O) groups excluding carboxylic acids is 1. The molecule has 0 bridgehead atoms. The van der Waals surface area contributed by atoms with Crippen LogP contribution in [-0.4, -0.2) is 31.7 Å².